The van der Waals surface area contributed by atoms with Crippen LogP contribution in [0.25, 0.3) is 0 Å². The Labute approximate surface area is 78.0 Å². The fourth-order valence-electron chi connectivity index (χ4n) is 1.28. The molecule has 0 aliphatic rings. The highest BCUT2D eigenvalue weighted by atomic mass is 14.7. The van der Waals surface area contributed by atoms with Gasteiger partial charge in [0.25, 0.3) is 0 Å². The Balaban J connectivity index is 3.22. The van der Waals surface area contributed by atoms with Crippen LogP contribution in [0.2, 0.25) is 0 Å². The number of hydrogen-bond donors (Lipinski definition) is 2. The summed E-state index contributed by atoms with van der Waals surface area (Å²) in [4.78, 5) is 0. The molecule has 3 nitrogen and oxygen atoms in total. The summed E-state index contributed by atoms with van der Waals surface area (Å²) in [5.41, 5.74) is 13.6. The van der Waals surface area contributed by atoms with E-state index in [1.165, 1.54) is 0 Å². The van der Waals surface area contributed by atoms with E-state index in [-0.39, 0.29) is 6.04 Å². The molecule has 0 aromatic heterocycles. The summed E-state index contributed by atoms with van der Waals surface area (Å²) in [6.07, 6.45) is 0. The lowest BCUT2D eigenvalue weighted by Crippen LogP contribution is -2.21. The highest BCUT2D eigenvalue weighted by Gasteiger charge is 2.10. The van der Waals surface area contributed by atoms with Crippen molar-refractivity contribution in [2.45, 2.75) is 13.0 Å². The number of rotatable bonds is 2. The molecule has 0 bridgehead atoms. The zero-order valence-electron chi connectivity index (χ0n) is 7.62. The molecule has 0 radical (unpaired) electrons. The molecule has 0 saturated heterocycles. The quantitative estimate of drug-likeness (QED) is 0.698. The van der Waals surface area contributed by atoms with Crippen molar-refractivity contribution in [3.8, 4) is 6.07 Å². The molecule has 3 heteroatoms. The fourth-order valence-corrected chi connectivity index (χ4v) is 1.28. The maximum atomic E-state index is 8.90. The molecule has 1 unspecified atom stereocenters. The molecule has 4 N–H and O–H groups in total. The molecule has 0 spiro atoms. The van der Waals surface area contributed by atoms with Crippen molar-refractivity contribution >= 4 is 0 Å². The minimum absolute atomic E-state index is 0.241. The molecule has 0 aliphatic heterocycles. The zero-order chi connectivity index (χ0) is 9.84. The number of hydrogen-bond acceptors (Lipinski definition) is 3. The maximum Gasteiger partial charge on any atom is 0.0997 e. The molecule has 0 heterocycles. The second-order valence-corrected chi connectivity index (χ2v) is 2.99. The van der Waals surface area contributed by atoms with Crippen LogP contribution in [0.1, 0.15) is 22.7 Å². The third kappa shape index (κ3) is 1.86. The number of benzene rings is 1. The van der Waals surface area contributed by atoms with E-state index in [1.807, 2.05) is 25.1 Å². The molecule has 13 heavy (non-hydrogen) atoms. The molecular formula is C10H13N3. The molecule has 1 aromatic carbocycles. The van der Waals surface area contributed by atoms with Crippen LogP contribution in [-0.4, -0.2) is 6.54 Å². The van der Waals surface area contributed by atoms with Gasteiger partial charge in [0, 0.05) is 12.6 Å². The Hall–Kier alpha value is -1.37. The third-order valence-corrected chi connectivity index (χ3v) is 2.07. The van der Waals surface area contributed by atoms with Crippen LogP contribution in [0.5, 0.6) is 0 Å². The SMILES string of the molecule is Cc1cccc(C(N)CN)c1C#N. The summed E-state index contributed by atoms with van der Waals surface area (Å²) in [5.74, 6) is 0. The first-order chi connectivity index (χ1) is 6.20. The van der Waals surface area contributed by atoms with Crippen LogP contribution in [0, 0.1) is 18.3 Å². The first kappa shape index (κ1) is 9.72. The van der Waals surface area contributed by atoms with Crippen LogP contribution in [-0.2, 0) is 0 Å². The summed E-state index contributed by atoms with van der Waals surface area (Å²) in [7, 11) is 0. The summed E-state index contributed by atoms with van der Waals surface area (Å²) in [6, 6.07) is 7.54. The van der Waals surface area contributed by atoms with Crippen LogP contribution >= 0.6 is 0 Å². The van der Waals surface area contributed by atoms with E-state index in [4.69, 9.17) is 16.7 Å². The minimum atomic E-state index is -0.241. The van der Waals surface area contributed by atoms with Gasteiger partial charge >= 0.3 is 0 Å². The van der Waals surface area contributed by atoms with Gasteiger partial charge in [-0.1, -0.05) is 18.2 Å². The molecule has 0 amide bonds. The molecule has 68 valence electrons. The van der Waals surface area contributed by atoms with Gasteiger partial charge in [0.05, 0.1) is 11.6 Å². The molecule has 0 fully saturated rings. The average molecular weight is 175 g/mol. The van der Waals surface area contributed by atoms with Crippen molar-refractivity contribution in [2.75, 3.05) is 6.54 Å². The van der Waals surface area contributed by atoms with E-state index in [2.05, 4.69) is 6.07 Å². The highest BCUT2D eigenvalue weighted by Crippen LogP contribution is 2.17. The Morgan fingerprint density at radius 2 is 2.23 bits per heavy atom. The summed E-state index contributed by atoms with van der Waals surface area (Å²) >= 11 is 0. The molecule has 1 rings (SSSR count). The predicted octanol–water partition coefficient (Wildman–Crippen LogP) is 0.825. The molecule has 0 aliphatic carbocycles. The lowest BCUT2D eigenvalue weighted by molar-refractivity contribution is 0.734. The largest absolute Gasteiger partial charge is 0.329 e. The van der Waals surface area contributed by atoms with Crippen LogP contribution in [0.4, 0.5) is 0 Å². The summed E-state index contributed by atoms with van der Waals surface area (Å²) in [6.45, 7) is 2.25. The maximum absolute atomic E-state index is 8.90. The number of nitrogens with two attached hydrogens (primary N) is 2. The zero-order valence-corrected chi connectivity index (χ0v) is 7.62. The van der Waals surface area contributed by atoms with Gasteiger partial charge in [-0.2, -0.15) is 5.26 Å². The number of aryl methyl sites for hydroxylation is 1. The second-order valence-electron chi connectivity index (χ2n) is 2.99. The highest BCUT2D eigenvalue weighted by molar-refractivity contribution is 5.45. The Morgan fingerprint density at radius 3 is 2.77 bits per heavy atom. The van der Waals surface area contributed by atoms with Gasteiger partial charge in [-0.25, -0.2) is 0 Å². The normalized spacial score (nSPS) is 12.2. The van der Waals surface area contributed by atoms with Gasteiger partial charge in [-0.05, 0) is 18.1 Å². The summed E-state index contributed by atoms with van der Waals surface area (Å²) in [5, 5.41) is 8.90. The predicted molar refractivity (Wildman–Crippen MR) is 51.9 cm³/mol. The lowest BCUT2D eigenvalue weighted by Gasteiger charge is -2.11. The van der Waals surface area contributed by atoms with Gasteiger partial charge in [-0.15, -0.1) is 0 Å². The average Bonchev–Trinajstić information content (AvgIpc) is 2.16. The second kappa shape index (κ2) is 4.04. The topological polar surface area (TPSA) is 75.8 Å². The van der Waals surface area contributed by atoms with Gasteiger partial charge in [-0.3, -0.25) is 0 Å². The van der Waals surface area contributed by atoms with Crippen LogP contribution in [0.15, 0.2) is 18.2 Å². The monoisotopic (exact) mass is 175 g/mol. The van der Waals surface area contributed by atoms with Gasteiger partial charge in [0.1, 0.15) is 0 Å². The Bertz CT molecular complexity index is 339. The first-order valence-electron chi connectivity index (χ1n) is 4.16. The van der Waals surface area contributed by atoms with E-state index in [1.54, 1.807) is 0 Å². The molecular weight excluding hydrogens is 162 g/mol. The van der Waals surface area contributed by atoms with Crippen molar-refractivity contribution in [1.82, 2.24) is 0 Å². The number of nitrogens with zero attached hydrogens (tertiary/aromatic N) is 1. The lowest BCUT2D eigenvalue weighted by atomic mass is 9.98. The van der Waals surface area contributed by atoms with E-state index in [0.717, 1.165) is 11.1 Å². The Kier molecular flexibility index (Phi) is 3.02. The van der Waals surface area contributed by atoms with Crippen molar-refractivity contribution in [3.05, 3.63) is 34.9 Å². The van der Waals surface area contributed by atoms with Crippen molar-refractivity contribution in [2.24, 2.45) is 11.5 Å². The van der Waals surface area contributed by atoms with E-state index < -0.39 is 0 Å². The smallest absolute Gasteiger partial charge is 0.0997 e. The first-order valence-corrected chi connectivity index (χ1v) is 4.16. The van der Waals surface area contributed by atoms with Crippen LogP contribution < -0.4 is 11.5 Å². The minimum Gasteiger partial charge on any atom is -0.329 e. The van der Waals surface area contributed by atoms with E-state index in [0.29, 0.717) is 12.1 Å². The third-order valence-electron chi connectivity index (χ3n) is 2.07. The fraction of sp³-hybridized carbons (Fsp3) is 0.300. The molecule has 1 atom stereocenters. The number of nitriles is 1. The molecule has 1 aromatic rings. The van der Waals surface area contributed by atoms with Gasteiger partial charge in [0.15, 0.2) is 0 Å². The standard InChI is InChI=1S/C10H13N3/c1-7-3-2-4-8(9(7)5-11)10(13)6-12/h2-4,10H,6,12-13H2,1H3. The molecule has 0 saturated carbocycles. The van der Waals surface area contributed by atoms with Crippen molar-refractivity contribution < 1.29 is 0 Å². The summed E-state index contributed by atoms with van der Waals surface area (Å²) < 4.78 is 0. The Morgan fingerprint density at radius 1 is 1.54 bits per heavy atom. The van der Waals surface area contributed by atoms with Crippen LogP contribution in [0.3, 0.4) is 0 Å². The van der Waals surface area contributed by atoms with E-state index in [9.17, 15) is 0 Å². The van der Waals surface area contributed by atoms with Gasteiger partial charge in [0.2, 0.25) is 0 Å². The van der Waals surface area contributed by atoms with Gasteiger partial charge < -0.3 is 11.5 Å². The van der Waals surface area contributed by atoms with Crippen molar-refractivity contribution in [3.63, 3.8) is 0 Å². The van der Waals surface area contributed by atoms with E-state index >= 15 is 0 Å². The van der Waals surface area contributed by atoms with Crippen molar-refractivity contribution in [1.29, 1.82) is 5.26 Å².